The summed E-state index contributed by atoms with van der Waals surface area (Å²) in [6.07, 6.45) is 2.78. The zero-order chi connectivity index (χ0) is 13.4. The van der Waals surface area contributed by atoms with Crippen molar-refractivity contribution >= 4 is 16.6 Å². The Kier molecular flexibility index (Phi) is 3.03. The normalized spacial score (nSPS) is 23.8. The smallest absolute Gasteiger partial charge is 0.141 e. The van der Waals surface area contributed by atoms with Gasteiger partial charge in [0.25, 0.3) is 0 Å². The first-order valence-electron chi connectivity index (χ1n) is 6.72. The molecule has 0 saturated carbocycles. The second-order valence-electron chi connectivity index (χ2n) is 5.51. The zero-order valence-corrected chi connectivity index (χ0v) is 11.1. The summed E-state index contributed by atoms with van der Waals surface area (Å²) in [5, 5.41) is 10.9. The van der Waals surface area contributed by atoms with Gasteiger partial charge in [-0.3, -0.25) is 4.98 Å². The molecule has 0 amide bonds. The molecule has 1 aromatic carbocycles. The zero-order valence-electron chi connectivity index (χ0n) is 11.1. The Hall–Kier alpha value is -1.81. The van der Waals surface area contributed by atoms with Gasteiger partial charge in [0, 0.05) is 36.4 Å². The Labute approximate surface area is 112 Å². The summed E-state index contributed by atoms with van der Waals surface area (Å²) in [6, 6.07) is 7.80. The molecule has 4 heteroatoms. The molecule has 2 aromatic rings. The van der Waals surface area contributed by atoms with Crippen molar-refractivity contribution in [1.29, 1.82) is 0 Å². The fourth-order valence-electron chi connectivity index (χ4n) is 3.01. The highest BCUT2D eigenvalue weighted by molar-refractivity contribution is 5.95. The number of fused-ring (bicyclic) bond motifs is 1. The van der Waals surface area contributed by atoms with Gasteiger partial charge in [-0.05, 0) is 36.6 Å². The van der Waals surface area contributed by atoms with Gasteiger partial charge in [0.2, 0.25) is 0 Å². The van der Waals surface area contributed by atoms with Crippen LogP contribution in [0.3, 0.4) is 0 Å². The summed E-state index contributed by atoms with van der Waals surface area (Å²) in [7, 11) is 0. The molecule has 19 heavy (non-hydrogen) atoms. The predicted molar refractivity (Wildman–Crippen MR) is 77.4 cm³/mol. The lowest BCUT2D eigenvalue weighted by Gasteiger charge is -2.37. The van der Waals surface area contributed by atoms with Crippen LogP contribution in [0.15, 0.2) is 30.5 Å². The van der Waals surface area contributed by atoms with Crippen molar-refractivity contribution in [3.63, 3.8) is 0 Å². The molecule has 0 spiro atoms. The van der Waals surface area contributed by atoms with Crippen LogP contribution in [0.2, 0.25) is 0 Å². The molecule has 1 fully saturated rings. The highest BCUT2D eigenvalue weighted by atomic mass is 16.3. The molecule has 3 N–H and O–H groups in total. The Morgan fingerprint density at radius 3 is 2.95 bits per heavy atom. The third-order valence-corrected chi connectivity index (χ3v) is 3.76. The van der Waals surface area contributed by atoms with Crippen molar-refractivity contribution in [2.24, 2.45) is 11.7 Å². The molecule has 100 valence electrons. The summed E-state index contributed by atoms with van der Waals surface area (Å²) in [5.74, 6) is 0.818. The van der Waals surface area contributed by atoms with Crippen molar-refractivity contribution in [2.45, 2.75) is 19.4 Å². The number of piperidine rings is 1. The molecule has 2 heterocycles. The van der Waals surface area contributed by atoms with Crippen LogP contribution in [0.4, 0.5) is 5.69 Å². The highest BCUT2D eigenvalue weighted by Crippen LogP contribution is 2.33. The van der Waals surface area contributed by atoms with Crippen LogP contribution in [-0.2, 0) is 0 Å². The fraction of sp³-hybridized carbons (Fsp3) is 0.400. The summed E-state index contributed by atoms with van der Waals surface area (Å²) in [5.41, 5.74) is 7.89. The van der Waals surface area contributed by atoms with E-state index in [4.69, 9.17) is 5.73 Å². The van der Waals surface area contributed by atoms with Gasteiger partial charge in [-0.25, -0.2) is 0 Å². The maximum absolute atomic E-state index is 9.89. The minimum absolute atomic E-state index is 0.212. The van der Waals surface area contributed by atoms with Crippen LogP contribution in [0.1, 0.15) is 13.3 Å². The molecular weight excluding hydrogens is 238 g/mol. The number of phenolic OH excluding ortho intramolecular Hbond substituents is 1. The van der Waals surface area contributed by atoms with Crippen LogP contribution in [0.25, 0.3) is 10.9 Å². The number of phenols is 1. The van der Waals surface area contributed by atoms with Crippen LogP contribution < -0.4 is 10.6 Å². The average Bonchev–Trinajstić information content (AvgIpc) is 2.38. The van der Waals surface area contributed by atoms with Crippen molar-refractivity contribution in [3.05, 3.63) is 30.5 Å². The molecule has 1 aromatic heterocycles. The van der Waals surface area contributed by atoms with Gasteiger partial charge in [-0.15, -0.1) is 0 Å². The van der Waals surface area contributed by atoms with Gasteiger partial charge < -0.3 is 15.7 Å². The monoisotopic (exact) mass is 257 g/mol. The Morgan fingerprint density at radius 2 is 2.16 bits per heavy atom. The number of benzene rings is 1. The minimum Gasteiger partial charge on any atom is -0.506 e. The van der Waals surface area contributed by atoms with E-state index in [1.54, 1.807) is 12.3 Å². The molecular formula is C15H19N3O. The van der Waals surface area contributed by atoms with E-state index >= 15 is 0 Å². The van der Waals surface area contributed by atoms with Crippen LogP contribution >= 0.6 is 0 Å². The number of hydrogen-bond donors (Lipinski definition) is 2. The van der Waals surface area contributed by atoms with E-state index in [-0.39, 0.29) is 11.8 Å². The molecule has 1 aliphatic heterocycles. The first-order valence-corrected chi connectivity index (χ1v) is 6.72. The number of rotatable bonds is 1. The van der Waals surface area contributed by atoms with Crippen molar-refractivity contribution in [2.75, 3.05) is 18.0 Å². The maximum atomic E-state index is 9.89. The molecule has 1 saturated heterocycles. The van der Waals surface area contributed by atoms with Crippen LogP contribution in [-0.4, -0.2) is 29.2 Å². The van der Waals surface area contributed by atoms with Gasteiger partial charge in [0.15, 0.2) is 0 Å². The van der Waals surface area contributed by atoms with Gasteiger partial charge >= 0.3 is 0 Å². The summed E-state index contributed by atoms with van der Waals surface area (Å²) >= 11 is 0. The van der Waals surface area contributed by atoms with Crippen LogP contribution in [0, 0.1) is 5.92 Å². The standard InChI is InChI=1S/C15H19N3O/c1-10-7-11(16)9-18(8-10)13-4-5-14(19)15-12(13)3-2-6-17-15/h2-6,10-11,19H,7-9,16H2,1H3/t10-,11+/m0/s1. The highest BCUT2D eigenvalue weighted by Gasteiger charge is 2.23. The summed E-state index contributed by atoms with van der Waals surface area (Å²) in [6.45, 7) is 4.09. The Balaban J connectivity index is 2.07. The third-order valence-electron chi connectivity index (χ3n) is 3.76. The van der Waals surface area contributed by atoms with E-state index in [1.807, 2.05) is 18.2 Å². The fourth-order valence-corrected chi connectivity index (χ4v) is 3.01. The molecule has 1 aliphatic rings. The van der Waals surface area contributed by atoms with Gasteiger partial charge in [0.1, 0.15) is 11.3 Å². The number of aromatic nitrogens is 1. The number of nitrogens with zero attached hydrogens (tertiary/aromatic N) is 2. The number of nitrogens with two attached hydrogens (primary N) is 1. The minimum atomic E-state index is 0.212. The van der Waals surface area contributed by atoms with E-state index in [2.05, 4.69) is 16.8 Å². The number of aromatic hydroxyl groups is 1. The quantitative estimate of drug-likeness (QED) is 0.821. The van der Waals surface area contributed by atoms with Gasteiger partial charge in [0.05, 0.1) is 0 Å². The molecule has 0 aliphatic carbocycles. The van der Waals surface area contributed by atoms with E-state index in [0.29, 0.717) is 11.4 Å². The van der Waals surface area contributed by atoms with E-state index in [9.17, 15) is 5.11 Å². The molecule has 3 rings (SSSR count). The van der Waals surface area contributed by atoms with Crippen LogP contribution in [0.5, 0.6) is 5.75 Å². The second-order valence-corrected chi connectivity index (χ2v) is 5.51. The summed E-state index contributed by atoms with van der Waals surface area (Å²) < 4.78 is 0. The second kappa shape index (κ2) is 4.70. The van der Waals surface area contributed by atoms with E-state index in [1.165, 1.54) is 0 Å². The molecule has 0 bridgehead atoms. The molecule has 0 radical (unpaired) electrons. The molecule has 4 nitrogen and oxygen atoms in total. The van der Waals surface area contributed by atoms with E-state index in [0.717, 1.165) is 30.6 Å². The van der Waals surface area contributed by atoms with Crippen molar-refractivity contribution < 1.29 is 5.11 Å². The van der Waals surface area contributed by atoms with E-state index < -0.39 is 0 Å². The SMILES string of the molecule is C[C@H]1C[C@@H](N)CN(c2ccc(O)c3ncccc23)C1. The lowest BCUT2D eigenvalue weighted by molar-refractivity contribution is 0.402. The first-order chi connectivity index (χ1) is 9.15. The largest absolute Gasteiger partial charge is 0.506 e. The predicted octanol–water partition coefficient (Wildman–Crippen LogP) is 2.11. The van der Waals surface area contributed by atoms with Crippen molar-refractivity contribution in [3.8, 4) is 5.75 Å². The number of pyridine rings is 1. The maximum Gasteiger partial charge on any atom is 0.141 e. The first kappa shape index (κ1) is 12.2. The van der Waals surface area contributed by atoms with Gasteiger partial charge in [-0.1, -0.05) is 6.92 Å². The Morgan fingerprint density at radius 1 is 1.32 bits per heavy atom. The van der Waals surface area contributed by atoms with Crippen molar-refractivity contribution in [1.82, 2.24) is 4.98 Å². The number of anilines is 1. The summed E-state index contributed by atoms with van der Waals surface area (Å²) in [4.78, 5) is 6.57. The average molecular weight is 257 g/mol. The Bertz CT molecular complexity index is 589. The topological polar surface area (TPSA) is 62.4 Å². The molecule has 2 atom stereocenters. The molecule has 0 unspecified atom stereocenters. The lowest BCUT2D eigenvalue weighted by atomic mass is 9.95. The number of hydrogen-bond acceptors (Lipinski definition) is 4. The lowest BCUT2D eigenvalue weighted by Crippen LogP contribution is -2.46. The van der Waals surface area contributed by atoms with Gasteiger partial charge in [-0.2, -0.15) is 0 Å². The third kappa shape index (κ3) is 2.24.